The predicted molar refractivity (Wildman–Crippen MR) is 47.6 cm³/mol. The topological polar surface area (TPSA) is 119 Å². The molecular formula is C8H15NO6. The molecule has 0 aromatic carbocycles. The first-order chi connectivity index (χ1) is 6.97. The highest BCUT2D eigenvalue weighted by molar-refractivity contribution is 5.73. The number of ether oxygens (including phenoxy) is 1. The molecule has 0 saturated carbocycles. The van der Waals surface area contributed by atoms with Gasteiger partial charge in [-0.05, 0) is 0 Å². The smallest absolute Gasteiger partial charge is 0.217 e. The number of carbonyl (C=O) groups excluding carboxylic acids is 1. The first-order valence-corrected chi connectivity index (χ1v) is 4.55. The minimum atomic E-state index is -1.45. The van der Waals surface area contributed by atoms with Gasteiger partial charge in [-0.1, -0.05) is 0 Å². The SMILES string of the molecule is CC(=O)N[C@@H]1C(O)O[C@H](CO)[C@H](O)[C@@H]1O. The number of aliphatic hydroxyl groups excluding tert-OH is 4. The molecule has 0 aromatic heterocycles. The minimum absolute atomic E-state index is 0.462. The van der Waals surface area contributed by atoms with E-state index in [-0.39, 0.29) is 0 Å². The van der Waals surface area contributed by atoms with Crippen LogP contribution in [-0.2, 0) is 9.53 Å². The lowest BCUT2D eigenvalue weighted by atomic mass is 9.97. The third-order valence-electron chi connectivity index (χ3n) is 2.27. The Kier molecular flexibility index (Phi) is 4.00. The summed E-state index contributed by atoms with van der Waals surface area (Å²) >= 11 is 0. The maximum Gasteiger partial charge on any atom is 0.217 e. The maximum atomic E-state index is 10.7. The van der Waals surface area contributed by atoms with Crippen molar-refractivity contribution in [2.75, 3.05) is 6.61 Å². The average molecular weight is 221 g/mol. The Morgan fingerprint density at radius 2 is 1.93 bits per heavy atom. The van der Waals surface area contributed by atoms with Crippen molar-refractivity contribution < 1.29 is 30.0 Å². The second-order valence-corrected chi connectivity index (χ2v) is 3.46. The summed E-state index contributed by atoms with van der Waals surface area (Å²) in [4.78, 5) is 10.7. The van der Waals surface area contributed by atoms with E-state index in [1.807, 2.05) is 0 Å². The standard InChI is InChI=1S/C8H15NO6/c1-3(11)9-5-7(13)6(12)4(2-10)15-8(5)14/h4-8,10,12-14H,2H2,1H3,(H,9,11)/t4-,5+,6+,7-,8?/m1/s1. The zero-order valence-corrected chi connectivity index (χ0v) is 8.20. The Balaban J connectivity index is 2.70. The first-order valence-electron chi connectivity index (χ1n) is 4.55. The molecule has 0 aliphatic carbocycles. The van der Waals surface area contributed by atoms with Crippen LogP contribution < -0.4 is 5.32 Å². The molecule has 1 rings (SSSR count). The molecule has 1 amide bonds. The van der Waals surface area contributed by atoms with E-state index >= 15 is 0 Å². The van der Waals surface area contributed by atoms with E-state index in [1.165, 1.54) is 6.92 Å². The van der Waals surface area contributed by atoms with Gasteiger partial charge in [-0.25, -0.2) is 0 Å². The summed E-state index contributed by atoms with van der Waals surface area (Å²) < 4.78 is 4.81. The summed E-state index contributed by atoms with van der Waals surface area (Å²) in [6, 6.07) is -1.10. The fraction of sp³-hybridized carbons (Fsp3) is 0.875. The molecule has 1 aliphatic rings. The third-order valence-corrected chi connectivity index (χ3v) is 2.27. The lowest BCUT2D eigenvalue weighted by molar-refractivity contribution is -0.253. The second-order valence-electron chi connectivity index (χ2n) is 3.46. The van der Waals surface area contributed by atoms with Gasteiger partial charge >= 0.3 is 0 Å². The normalized spacial score (nSPS) is 41.3. The molecule has 1 unspecified atom stereocenters. The lowest BCUT2D eigenvalue weighted by Crippen LogP contribution is -2.63. The Hall–Kier alpha value is -0.730. The average Bonchev–Trinajstić information content (AvgIpc) is 2.18. The van der Waals surface area contributed by atoms with Crippen LogP contribution in [0.2, 0.25) is 0 Å². The van der Waals surface area contributed by atoms with Gasteiger partial charge in [0.1, 0.15) is 24.4 Å². The first kappa shape index (κ1) is 12.3. The van der Waals surface area contributed by atoms with Crippen molar-refractivity contribution in [2.45, 2.75) is 37.6 Å². The van der Waals surface area contributed by atoms with Crippen LogP contribution in [0.1, 0.15) is 6.92 Å². The summed E-state index contributed by atoms with van der Waals surface area (Å²) in [6.45, 7) is 0.687. The van der Waals surface area contributed by atoms with Crippen LogP contribution in [0, 0.1) is 0 Å². The Bertz CT molecular complexity index is 235. The van der Waals surface area contributed by atoms with Crippen LogP contribution in [0.4, 0.5) is 0 Å². The summed E-state index contributed by atoms with van der Waals surface area (Å²) in [7, 11) is 0. The Morgan fingerprint density at radius 1 is 1.33 bits per heavy atom. The van der Waals surface area contributed by atoms with E-state index < -0.39 is 43.2 Å². The zero-order chi connectivity index (χ0) is 11.6. The summed E-state index contributed by atoms with van der Waals surface area (Å²) in [5.41, 5.74) is 0. The molecule has 0 spiro atoms. The fourth-order valence-corrected chi connectivity index (χ4v) is 1.49. The number of carbonyl (C=O) groups is 1. The monoisotopic (exact) mass is 221 g/mol. The van der Waals surface area contributed by atoms with E-state index in [4.69, 9.17) is 9.84 Å². The number of amides is 1. The number of hydrogen-bond acceptors (Lipinski definition) is 6. The van der Waals surface area contributed by atoms with Crippen molar-refractivity contribution in [2.24, 2.45) is 0 Å². The lowest BCUT2D eigenvalue weighted by Gasteiger charge is -2.40. The van der Waals surface area contributed by atoms with Gasteiger partial charge in [0.05, 0.1) is 6.61 Å². The van der Waals surface area contributed by atoms with Crippen LogP contribution >= 0.6 is 0 Å². The molecule has 0 radical (unpaired) electrons. The van der Waals surface area contributed by atoms with Crippen molar-refractivity contribution in [3.8, 4) is 0 Å². The van der Waals surface area contributed by atoms with Gasteiger partial charge in [-0.2, -0.15) is 0 Å². The molecule has 1 heterocycles. The molecule has 1 saturated heterocycles. The van der Waals surface area contributed by atoms with Crippen molar-refractivity contribution in [3.63, 3.8) is 0 Å². The van der Waals surface area contributed by atoms with Crippen molar-refractivity contribution in [3.05, 3.63) is 0 Å². The quantitative estimate of drug-likeness (QED) is 0.337. The second kappa shape index (κ2) is 4.86. The van der Waals surface area contributed by atoms with E-state index in [1.54, 1.807) is 0 Å². The highest BCUT2D eigenvalue weighted by atomic mass is 16.6. The predicted octanol–water partition coefficient (Wildman–Crippen LogP) is -3.08. The Morgan fingerprint density at radius 3 is 2.40 bits per heavy atom. The minimum Gasteiger partial charge on any atom is -0.394 e. The summed E-state index contributed by atoms with van der Waals surface area (Å²) in [5.74, 6) is -0.462. The Labute approximate surface area is 86.3 Å². The molecule has 7 nitrogen and oxygen atoms in total. The number of rotatable bonds is 2. The highest BCUT2D eigenvalue weighted by Crippen LogP contribution is 2.19. The van der Waals surface area contributed by atoms with Gasteiger partial charge in [0.2, 0.25) is 5.91 Å². The van der Waals surface area contributed by atoms with Gasteiger partial charge in [0.15, 0.2) is 6.29 Å². The van der Waals surface area contributed by atoms with Gasteiger partial charge in [0.25, 0.3) is 0 Å². The molecule has 5 atom stereocenters. The molecule has 5 N–H and O–H groups in total. The van der Waals surface area contributed by atoms with Gasteiger partial charge < -0.3 is 30.5 Å². The van der Waals surface area contributed by atoms with Crippen molar-refractivity contribution in [1.29, 1.82) is 0 Å². The molecule has 15 heavy (non-hydrogen) atoms. The summed E-state index contributed by atoms with van der Waals surface area (Å²) in [6.07, 6.45) is -5.24. The number of aliphatic hydroxyl groups is 4. The fourth-order valence-electron chi connectivity index (χ4n) is 1.49. The van der Waals surface area contributed by atoms with Gasteiger partial charge in [0, 0.05) is 6.92 Å². The zero-order valence-electron chi connectivity index (χ0n) is 8.20. The molecule has 88 valence electrons. The van der Waals surface area contributed by atoms with E-state index in [0.717, 1.165) is 0 Å². The molecule has 1 fully saturated rings. The highest BCUT2D eigenvalue weighted by Gasteiger charge is 2.43. The van der Waals surface area contributed by atoms with Crippen molar-refractivity contribution >= 4 is 5.91 Å². The molecular weight excluding hydrogens is 206 g/mol. The van der Waals surface area contributed by atoms with E-state index in [9.17, 15) is 20.1 Å². The molecule has 0 bridgehead atoms. The van der Waals surface area contributed by atoms with Crippen LogP contribution in [0.5, 0.6) is 0 Å². The van der Waals surface area contributed by atoms with Crippen LogP contribution in [-0.4, -0.2) is 63.6 Å². The summed E-state index contributed by atoms with van der Waals surface area (Å²) in [5, 5.41) is 39.4. The van der Waals surface area contributed by atoms with Crippen LogP contribution in [0.3, 0.4) is 0 Å². The van der Waals surface area contributed by atoms with E-state index in [0.29, 0.717) is 0 Å². The van der Waals surface area contributed by atoms with Crippen molar-refractivity contribution in [1.82, 2.24) is 5.32 Å². The number of nitrogens with one attached hydrogen (secondary N) is 1. The molecule has 7 heteroatoms. The van der Waals surface area contributed by atoms with Crippen LogP contribution in [0.25, 0.3) is 0 Å². The maximum absolute atomic E-state index is 10.7. The van der Waals surface area contributed by atoms with Gasteiger partial charge in [-0.15, -0.1) is 0 Å². The molecule has 1 aliphatic heterocycles. The number of hydrogen-bond donors (Lipinski definition) is 5. The van der Waals surface area contributed by atoms with Gasteiger partial charge in [-0.3, -0.25) is 4.79 Å². The molecule has 0 aromatic rings. The largest absolute Gasteiger partial charge is 0.394 e. The van der Waals surface area contributed by atoms with E-state index in [2.05, 4.69) is 5.32 Å². The van der Waals surface area contributed by atoms with Crippen LogP contribution in [0.15, 0.2) is 0 Å². The third kappa shape index (κ3) is 2.64.